The molecule has 1 atom stereocenters. The van der Waals surface area contributed by atoms with Gasteiger partial charge in [0.2, 0.25) is 0 Å². The fourth-order valence-corrected chi connectivity index (χ4v) is 4.05. The number of nitrogens with one attached hydrogen (secondary N) is 1. The summed E-state index contributed by atoms with van der Waals surface area (Å²) >= 11 is 3.28. The van der Waals surface area contributed by atoms with Gasteiger partial charge in [0.15, 0.2) is 0 Å². The number of halogens is 2. The first-order chi connectivity index (χ1) is 12.9. The first-order valence-corrected chi connectivity index (χ1v) is 10.2. The van der Waals surface area contributed by atoms with Gasteiger partial charge >= 0.3 is 0 Å². The van der Waals surface area contributed by atoms with Crippen LogP contribution in [0.2, 0.25) is 0 Å². The predicted octanol–water partition coefficient (Wildman–Crippen LogP) is 5.51. The van der Waals surface area contributed by atoms with Crippen LogP contribution in [0.15, 0.2) is 52.7 Å². The summed E-state index contributed by atoms with van der Waals surface area (Å²) in [6.07, 6.45) is 0. The molecule has 0 saturated carbocycles. The van der Waals surface area contributed by atoms with Gasteiger partial charge in [-0.05, 0) is 44.2 Å². The highest BCUT2D eigenvalue weighted by atomic mass is 32.2. The summed E-state index contributed by atoms with van der Waals surface area (Å²) in [7, 11) is 0. The molecule has 0 aliphatic rings. The van der Waals surface area contributed by atoms with Crippen LogP contribution in [0.3, 0.4) is 0 Å². The molecule has 3 aromatic rings. The van der Waals surface area contributed by atoms with E-state index in [1.807, 2.05) is 24.4 Å². The third kappa shape index (κ3) is 5.14. The fourth-order valence-electron chi connectivity index (χ4n) is 2.54. The normalized spacial score (nSPS) is 12.0. The molecule has 1 heterocycles. The summed E-state index contributed by atoms with van der Waals surface area (Å²) < 4.78 is 26.9. The molecule has 1 aromatic heterocycles. The van der Waals surface area contributed by atoms with Crippen LogP contribution in [0.25, 0.3) is 0 Å². The lowest BCUT2D eigenvalue weighted by atomic mass is 10.1. The molecule has 0 saturated heterocycles. The van der Waals surface area contributed by atoms with Gasteiger partial charge in [0.25, 0.3) is 5.91 Å². The summed E-state index contributed by atoms with van der Waals surface area (Å²) in [5.41, 5.74) is 1.77. The number of carbonyl (C=O) groups is 1. The number of carbonyl (C=O) groups excluding carboxylic acids is 1. The Morgan fingerprint density at radius 3 is 2.59 bits per heavy atom. The second kappa shape index (κ2) is 8.63. The lowest BCUT2D eigenvalue weighted by Gasteiger charge is -2.15. The number of nitrogens with zero attached hydrogens (tertiary/aromatic N) is 1. The van der Waals surface area contributed by atoms with E-state index in [1.54, 1.807) is 42.2 Å². The van der Waals surface area contributed by atoms with E-state index in [0.29, 0.717) is 5.56 Å². The van der Waals surface area contributed by atoms with E-state index >= 15 is 0 Å². The SMILES string of the molecule is Cc1nc(CSc2ccc(C(=O)NC(C)c3ccc(F)cc3F)cc2)cs1. The molecule has 140 valence electrons. The quantitative estimate of drug-likeness (QED) is 0.551. The van der Waals surface area contributed by atoms with Crippen molar-refractivity contribution in [1.82, 2.24) is 10.3 Å². The Morgan fingerprint density at radius 2 is 1.96 bits per heavy atom. The average molecular weight is 405 g/mol. The van der Waals surface area contributed by atoms with Crippen LogP contribution in [0.1, 0.15) is 39.6 Å². The van der Waals surface area contributed by atoms with Gasteiger partial charge in [-0.3, -0.25) is 4.79 Å². The van der Waals surface area contributed by atoms with Crippen molar-refractivity contribution >= 4 is 29.0 Å². The molecule has 0 spiro atoms. The zero-order valence-electron chi connectivity index (χ0n) is 14.8. The van der Waals surface area contributed by atoms with Crippen LogP contribution in [-0.4, -0.2) is 10.9 Å². The number of rotatable bonds is 6. The Morgan fingerprint density at radius 1 is 1.22 bits per heavy atom. The number of aryl methyl sites for hydroxylation is 1. The molecule has 0 radical (unpaired) electrons. The molecule has 0 fully saturated rings. The van der Waals surface area contributed by atoms with Crippen molar-refractivity contribution in [1.29, 1.82) is 0 Å². The van der Waals surface area contributed by atoms with Crippen molar-refractivity contribution in [2.24, 2.45) is 0 Å². The highest BCUT2D eigenvalue weighted by Crippen LogP contribution is 2.24. The first kappa shape index (κ1) is 19.5. The van der Waals surface area contributed by atoms with Crippen LogP contribution in [0, 0.1) is 18.6 Å². The largest absolute Gasteiger partial charge is 0.345 e. The molecule has 0 bridgehead atoms. The minimum absolute atomic E-state index is 0.246. The molecule has 27 heavy (non-hydrogen) atoms. The number of thiazole rings is 1. The van der Waals surface area contributed by atoms with Crippen molar-refractivity contribution in [2.75, 3.05) is 0 Å². The van der Waals surface area contributed by atoms with Gasteiger partial charge in [-0.25, -0.2) is 13.8 Å². The van der Waals surface area contributed by atoms with Crippen molar-refractivity contribution in [3.05, 3.63) is 81.3 Å². The second-order valence-electron chi connectivity index (χ2n) is 6.03. The maximum atomic E-state index is 13.8. The zero-order valence-corrected chi connectivity index (χ0v) is 16.5. The molecule has 7 heteroatoms. The minimum Gasteiger partial charge on any atom is -0.345 e. The Bertz CT molecular complexity index is 941. The number of aromatic nitrogens is 1. The highest BCUT2D eigenvalue weighted by molar-refractivity contribution is 7.98. The van der Waals surface area contributed by atoms with E-state index in [4.69, 9.17) is 0 Å². The number of hydrogen-bond acceptors (Lipinski definition) is 4. The summed E-state index contributed by atoms with van der Waals surface area (Å²) in [5, 5.41) is 5.82. The highest BCUT2D eigenvalue weighted by Gasteiger charge is 2.15. The first-order valence-electron chi connectivity index (χ1n) is 8.32. The maximum absolute atomic E-state index is 13.8. The van der Waals surface area contributed by atoms with Crippen LogP contribution in [-0.2, 0) is 5.75 Å². The standard InChI is InChI=1S/C20H18F2N2OS2/c1-12(18-8-5-15(21)9-19(18)22)23-20(25)14-3-6-17(7-4-14)27-11-16-10-26-13(2)24-16/h3-10,12H,11H2,1-2H3,(H,23,25). The third-order valence-electron chi connectivity index (χ3n) is 3.95. The smallest absolute Gasteiger partial charge is 0.251 e. The van der Waals surface area contributed by atoms with Gasteiger partial charge in [0.1, 0.15) is 11.6 Å². The van der Waals surface area contributed by atoms with Crippen molar-refractivity contribution < 1.29 is 13.6 Å². The monoisotopic (exact) mass is 404 g/mol. The van der Waals surface area contributed by atoms with Gasteiger partial charge in [-0.2, -0.15) is 0 Å². The summed E-state index contributed by atoms with van der Waals surface area (Å²) in [6, 6.07) is 9.99. The molecule has 2 aromatic carbocycles. The number of amides is 1. The van der Waals surface area contributed by atoms with E-state index in [9.17, 15) is 13.6 Å². The molecular weight excluding hydrogens is 386 g/mol. The van der Waals surface area contributed by atoms with Gasteiger partial charge < -0.3 is 5.32 Å². The van der Waals surface area contributed by atoms with E-state index in [-0.39, 0.29) is 11.5 Å². The molecule has 0 aliphatic heterocycles. The minimum atomic E-state index is -0.674. The topological polar surface area (TPSA) is 42.0 Å². The second-order valence-corrected chi connectivity index (χ2v) is 8.14. The van der Waals surface area contributed by atoms with Gasteiger partial charge in [-0.15, -0.1) is 23.1 Å². The van der Waals surface area contributed by atoms with Crippen LogP contribution in [0.4, 0.5) is 8.78 Å². The molecule has 3 rings (SSSR count). The maximum Gasteiger partial charge on any atom is 0.251 e. The lowest BCUT2D eigenvalue weighted by Crippen LogP contribution is -2.27. The zero-order chi connectivity index (χ0) is 19.4. The van der Waals surface area contributed by atoms with Gasteiger partial charge in [0.05, 0.1) is 16.7 Å². The predicted molar refractivity (Wildman–Crippen MR) is 105 cm³/mol. The molecule has 1 amide bonds. The van der Waals surface area contributed by atoms with E-state index in [0.717, 1.165) is 27.4 Å². The Hall–Kier alpha value is -2.25. The molecule has 1 N–H and O–H groups in total. The van der Waals surface area contributed by atoms with E-state index < -0.39 is 17.7 Å². The van der Waals surface area contributed by atoms with E-state index in [2.05, 4.69) is 10.3 Å². The Kier molecular flexibility index (Phi) is 6.23. The third-order valence-corrected chi connectivity index (χ3v) is 5.81. The number of benzene rings is 2. The van der Waals surface area contributed by atoms with Gasteiger partial charge in [0, 0.05) is 33.2 Å². The fraction of sp³-hybridized carbons (Fsp3) is 0.200. The molecule has 1 unspecified atom stereocenters. The Balaban J connectivity index is 1.59. The summed E-state index contributed by atoms with van der Waals surface area (Å²) in [5.74, 6) is -0.850. The van der Waals surface area contributed by atoms with Crippen molar-refractivity contribution in [2.45, 2.75) is 30.5 Å². The molecule has 0 aliphatic carbocycles. The average Bonchev–Trinajstić information content (AvgIpc) is 3.05. The summed E-state index contributed by atoms with van der Waals surface area (Å²) in [4.78, 5) is 17.8. The number of hydrogen-bond donors (Lipinski definition) is 1. The lowest BCUT2D eigenvalue weighted by molar-refractivity contribution is 0.0939. The van der Waals surface area contributed by atoms with Crippen molar-refractivity contribution in [3.8, 4) is 0 Å². The number of thioether (sulfide) groups is 1. The summed E-state index contributed by atoms with van der Waals surface area (Å²) in [6.45, 7) is 3.64. The van der Waals surface area contributed by atoms with Crippen LogP contribution in [0.5, 0.6) is 0 Å². The molecule has 3 nitrogen and oxygen atoms in total. The molecular formula is C20H18F2N2OS2. The van der Waals surface area contributed by atoms with Crippen LogP contribution >= 0.6 is 23.1 Å². The van der Waals surface area contributed by atoms with Crippen molar-refractivity contribution in [3.63, 3.8) is 0 Å². The van der Waals surface area contributed by atoms with Gasteiger partial charge in [-0.1, -0.05) is 6.07 Å². The Labute approximate surface area is 164 Å². The van der Waals surface area contributed by atoms with Crippen LogP contribution < -0.4 is 5.32 Å². The van der Waals surface area contributed by atoms with E-state index in [1.165, 1.54) is 12.1 Å².